The van der Waals surface area contributed by atoms with Crippen molar-refractivity contribution in [2.75, 3.05) is 32.8 Å². The van der Waals surface area contributed by atoms with Crippen LogP contribution in [0.2, 0.25) is 0 Å². The third-order valence-electron chi connectivity index (χ3n) is 7.32. The Hall–Kier alpha value is -1.12. The normalized spacial score (nSPS) is 32.9. The van der Waals surface area contributed by atoms with Crippen molar-refractivity contribution >= 4 is 0 Å². The van der Waals surface area contributed by atoms with Crippen LogP contribution < -0.4 is 0 Å². The average molecular weight is 416 g/mol. The summed E-state index contributed by atoms with van der Waals surface area (Å²) in [6, 6.07) is 0. The maximum atomic E-state index is 10.5. The molecule has 168 valence electrons. The van der Waals surface area contributed by atoms with Crippen molar-refractivity contribution in [2.24, 2.45) is 23.7 Å². The van der Waals surface area contributed by atoms with E-state index in [1.165, 1.54) is 37.9 Å². The minimum absolute atomic E-state index is 0.115. The Morgan fingerprint density at radius 2 is 2.03 bits per heavy atom. The summed E-state index contributed by atoms with van der Waals surface area (Å²) in [5.74, 6) is 7.26. The predicted molar refractivity (Wildman–Crippen MR) is 122 cm³/mol. The van der Waals surface area contributed by atoms with E-state index in [0.29, 0.717) is 24.9 Å². The van der Waals surface area contributed by atoms with Crippen LogP contribution in [0.4, 0.5) is 0 Å². The number of piperidine rings is 1. The summed E-state index contributed by atoms with van der Waals surface area (Å²) in [4.78, 5) is 2.51. The molecule has 0 radical (unpaired) electrons. The molecule has 0 aromatic carbocycles. The molecule has 4 heteroatoms. The van der Waals surface area contributed by atoms with Gasteiger partial charge in [0.15, 0.2) is 0 Å². The number of hydrogen-bond acceptors (Lipinski definition) is 4. The van der Waals surface area contributed by atoms with Crippen LogP contribution >= 0.6 is 0 Å². The van der Waals surface area contributed by atoms with E-state index >= 15 is 0 Å². The van der Waals surface area contributed by atoms with E-state index < -0.39 is 6.10 Å². The zero-order valence-corrected chi connectivity index (χ0v) is 18.9. The third-order valence-corrected chi connectivity index (χ3v) is 7.32. The van der Waals surface area contributed by atoms with Crippen LogP contribution in [0.3, 0.4) is 0 Å². The van der Waals surface area contributed by atoms with Crippen LogP contribution in [-0.4, -0.2) is 60.2 Å². The standard InChI is InChI=1S/C26H41NO3/c1-3-4-8-20(2)25(28)10-9-23-24-18-21(17-22(24)19-26(23)29)11-15-30-16-14-27-12-6-5-7-13-27/h9-11,20,22-26,28-29H,5-8,12-19H2,1-2H3/b10-9+,21-11?/t20-,22-,23+,24-,25-,26+/m0/s1. The largest absolute Gasteiger partial charge is 0.392 e. The van der Waals surface area contributed by atoms with Gasteiger partial charge >= 0.3 is 0 Å². The number of aliphatic hydroxyl groups excluding tert-OH is 2. The molecule has 0 spiro atoms. The van der Waals surface area contributed by atoms with Gasteiger partial charge in [-0.1, -0.05) is 37.1 Å². The zero-order chi connectivity index (χ0) is 21.3. The van der Waals surface area contributed by atoms with Gasteiger partial charge in [-0.3, -0.25) is 0 Å². The molecule has 2 saturated carbocycles. The monoisotopic (exact) mass is 415 g/mol. The minimum Gasteiger partial charge on any atom is -0.392 e. The molecule has 0 unspecified atom stereocenters. The molecular formula is C26H41NO3. The number of likely N-dealkylation sites (tertiary alicyclic amines) is 1. The first-order chi connectivity index (χ1) is 14.6. The lowest BCUT2D eigenvalue weighted by Crippen LogP contribution is -2.32. The second-order valence-corrected chi connectivity index (χ2v) is 9.54. The summed E-state index contributed by atoms with van der Waals surface area (Å²) in [5, 5.41) is 20.9. The highest BCUT2D eigenvalue weighted by molar-refractivity contribution is 5.18. The molecule has 3 aliphatic rings. The van der Waals surface area contributed by atoms with Gasteiger partial charge in [0.25, 0.3) is 0 Å². The summed E-state index contributed by atoms with van der Waals surface area (Å²) in [5.41, 5.74) is 1.49. The molecule has 1 aliphatic heterocycles. The number of fused-ring (bicyclic) bond motifs is 1. The summed E-state index contributed by atoms with van der Waals surface area (Å²) in [6.07, 6.45) is 13.2. The highest BCUT2D eigenvalue weighted by atomic mass is 16.5. The Balaban J connectivity index is 1.42. The quantitative estimate of drug-likeness (QED) is 0.342. The highest BCUT2D eigenvalue weighted by Gasteiger charge is 2.45. The first-order valence-corrected chi connectivity index (χ1v) is 12.0. The average Bonchev–Trinajstić information content (AvgIpc) is 3.27. The van der Waals surface area contributed by atoms with Crippen LogP contribution in [0, 0.1) is 35.5 Å². The van der Waals surface area contributed by atoms with Gasteiger partial charge in [0.1, 0.15) is 0 Å². The first kappa shape index (κ1) is 23.5. The lowest BCUT2D eigenvalue weighted by atomic mass is 9.89. The van der Waals surface area contributed by atoms with Gasteiger partial charge in [0, 0.05) is 18.9 Å². The number of hydrogen-bond donors (Lipinski definition) is 2. The van der Waals surface area contributed by atoms with Gasteiger partial charge in [-0.25, -0.2) is 0 Å². The molecule has 0 amide bonds. The van der Waals surface area contributed by atoms with Crippen LogP contribution in [0.1, 0.15) is 58.8 Å². The Morgan fingerprint density at radius 3 is 2.80 bits per heavy atom. The lowest BCUT2D eigenvalue weighted by Gasteiger charge is -2.25. The van der Waals surface area contributed by atoms with E-state index in [2.05, 4.69) is 28.9 Å². The van der Waals surface area contributed by atoms with Crippen LogP contribution in [-0.2, 0) is 4.74 Å². The maximum Gasteiger partial charge on any atom is 0.0755 e. The molecule has 0 aromatic rings. The Bertz CT molecular complexity index is 640. The summed E-state index contributed by atoms with van der Waals surface area (Å²) >= 11 is 0. The number of nitrogens with zero attached hydrogens (tertiary/aromatic N) is 1. The molecule has 2 N–H and O–H groups in total. The molecule has 0 aromatic heterocycles. The second-order valence-electron chi connectivity index (χ2n) is 9.54. The second kappa shape index (κ2) is 12.1. The smallest absolute Gasteiger partial charge is 0.0755 e. The maximum absolute atomic E-state index is 10.5. The van der Waals surface area contributed by atoms with Gasteiger partial charge in [0.05, 0.1) is 25.4 Å². The lowest BCUT2D eigenvalue weighted by molar-refractivity contribution is 0.114. The van der Waals surface area contributed by atoms with E-state index in [0.717, 1.165) is 32.4 Å². The van der Waals surface area contributed by atoms with E-state index in [-0.39, 0.29) is 17.9 Å². The van der Waals surface area contributed by atoms with Crippen molar-refractivity contribution in [3.05, 3.63) is 23.8 Å². The van der Waals surface area contributed by atoms with Gasteiger partial charge in [0.2, 0.25) is 0 Å². The number of aliphatic hydroxyl groups is 2. The summed E-state index contributed by atoms with van der Waals surface area (Å²) in [7, 11) is 0. The van der Waals surface area contributed by atoms with Crippen molar-refractivity contribution in [1.82, 2.24) is 4.90 Å². The van der Waals surface area contributed by atoms with Crippen molar-refractivity contribution in [1.29, 1.82) is 0 Å². The fourth-order valence-corrected chi connectivity index (χ4v) is 5.39. The van der Waals surface area contributed by atoms with Crippen molar-refractivity contribution < 1.29 is 14.9 Å². The molecule has 4 nitrogen and oxygen atoms in total. The summed E-state index contributed by atoms with van der Waals surface area (Å²) in [6.45, 7) is 8.89. The van der Waals surface area contributed by atoms with E-state index in [9.17, 15) is 10.2 Å². The molecule has 3 fully saturated rings. The topological polar surface area (TPSA) is 52.9 Å². The van der Waals surface area contributed by atoms with Crippen molar-refractivity contribution in [3.63, 3.8) is 0 Å². The van der Waals surface area contributed by atoms with Crippen LogP contribution in [0.15, 0.2) is 23.8 Å². The van der Waals surface area contributed by atoms with Crippen molar-refractivity contribution in [3.8, 4) is 11.8 Å². The molecule has 30 heavy (non-hydrogen) atoms. The Kier molecular flexibility index (Phi) is 9.46. The van der Waals surface area contributed by atoms with E-state index in [4.69, 9.17) is 4.74 Å². The van der Waals surface area contributed by atoms with Crippen LogP contribution in [0.5, 0.6) is 0 Å². The van der Waals surface area contributed by atoms with Crippen LogP contribution in [0.25, 0.3) is 0 Å². The predicted octanol–water partition coefficient (Wildman–Crippen LogP) is 3.79. The number of rotatable bonds is 9. The SMILES string of the molecule is CC#CC[C@H](C)[C@@H](O)/C=C/[C@@H]1[C@H]2CC(=CCOCCN3CCCCC3)C[C@H]2C[C@H]1O. The number of ether oxygens (including phenoxy) is 1. The zero-order valence-electron chi connectivity index (χ0n) is 18.9. The fourth-order valence-electron chi connectivity index (χ4n) is 5.39. The van der Waals surface area contributed by atoms with E-state index in [1.54, 1.807) is 0 Å². The summed E-state index contributed by atoms with van der Waals surface area (Å²) < 4.78 is 5.88. The Labute approximate surface area is 183 Å². The van der Waals surface area contributed by atoms with Gasteiger partial charge < -0.3 is 19.8 Å². The van der Waals surface area contributed by atoms with Gasteiger partial charge in [-0.05, 0) is 69.9 Å². The highest BCUT2D eigenvalue weighted by Crippen LogP contribution is 2.50. The molecule has 2 aliphatic carbocycles. The Morgan fingerprint density at radius 1 is 1.23 bits per heavy atom. The van der Waals surface area contributed by atoms with Crippen molar-refractivity contribution in [2.45, 2.75) is 71.0 Å². The molecule has 0 bridgehead atoms. The molecule has 1 saturated heterocycles. The molecule has 6 atom stereocenters. The first-order valence-electron chi connectivity index (χ1n) is 12.0. The molecule has 3 rings (SSSR count). The molecule has 1 heterocycles. The third kappa shape index (κ3) is 6.69. The van der Waals surface area contributed by atoms with Gasteiger partial charge in [-0.2, -0.15) is 0 Å². The van der Waals surface area contributed by atoms with Gasteiger partial charge in [-0.15, -0.1) is 11.8 Å². The minimum atomic E-state index is -0.498. The van der Waals surface area contributed by atoms with E-state index in [1.807, 2.05) is 19.9 Å². The fraction of sp³-hybridized carbons (Fsp3) is 0.769. The molecular weight excluding hydrogens is 374 g/mol. The number of allylic oxidation sites excluding steroid dienone is 1.